The lowest BCUT2D eigenvalue weighted by Crippen LogP contribution is -2.34. The number of amidine groups is 1. The van der Waals surface area contributed by atoms with Crippen LogP contribution in [-0.2, 0) is 0 Å². The Hall–Kier alpha value is -2.03. The van der Waals surface area contributed by atoms with Crippen molar-refractivity contribution in [2.75, 3.05) is 0 Å². The summed E-state index contributed by atoms with van der Waals surface area (Å²) >= 11 is 12.3. The average molecular weight is 383 g/mol. The zero-order valence-electron chi connectivity index (χ0n) is 14.5. The van der Waals surface area contributed by atoms with Gasteiger partial charge in [0.15, 0.2) is 0 Å². The number of nitrogens with one attached hydrogen (secondary N) is 1. The molecule has 3 atom stereocenters. The zero-order valence-corrected chi connectivity index (χ0v) is 16.0. The number of hydrogen-bond acceptors (Lipinski definition) is 2. The number of rotatable bonds is 3. The van der Waals surface area contributed by atoms with Gasteiger partial charge in [0.2, 0.25) is 0 Å². The van der Waals surface area contributed by atoms with E-state index in [0.717, 1.165) is 28.4 Å². The van der Waals surface area contributed by atoms with Gasteiger partial charge in [-0.25, -0.2) is 0 Å². The quantitative estimate of drug-likeness (QED) is 0.686. The van der Waals surface area contributed by atoms with Crippen molar-refractivity contribution in [1.82, 2.24) is 5.32 Å². The SMILES string of the molecule is Cc1ccc(C2=NC(c3ccc(Cl)cc3)C(C3=CCC(Cl)C=C3)N2)cc1. The molecule has 0 radical (unpaired) electrons. The van der Waals surface area contributed by atoms with Crippen LogP contribution < -0.4 is 5.32 Å². The molecule has 0 bridgehead atoms. The maximum atomic E-state index is 6.20. The van der Waals surface area contributed by atoms with E-state index in [-0.39, 0.29) is 17.5 Å². The van der Waals surface area contributed by atoms with Gasteiger partial charge in [0.25, 0.3) is 0 Å². The molecule has 1 heterocycles. The Morgan fingerprint density at radius 2 is 1.77 bits per heavy atom. The normalized spacial score (nSPS) is 24.8. The van der Waals surface area contributed by atoms with E-state index in [9.17, 15) is 0 Å². The predicted molar refractivity (Wildman–Crippen MR) is 110 cm³/mol. The molecule has 4 rings (SSSR count). The zero-order chi connectivity index (χ0) is 18.1. The van der Waals surface area contributed by atoms with Gasteiger partial charge in [-0.15, -0.1) is 11.6 Å². The van der Waals surface area contributed by atoms with Crippen LogP contribution in [0.4, 0.5) is 0 Å². The molecule has 1 N–H and O–H groups in total. The van der Waals surface area contributed by atoms with Gasteiger partial charge < -0.3 is 5.32 Å². The fourth-order valence-corrected chi connectivity index (χ4v) is 3.67. The van der Waals surface area contributed by atoms with E-state index in [1.165, 1.54) is 11.1 Å². The Morgan fingerprint density at radius 1 is 1.04 bits per heavy atom. The standard InChI is InChI=1S/C22H20Cl2N2/c1-14-2-4-17(5-3-14)22-25-20(15-6-10-18(23)11-7-15)21(26-22)16-8-12-19(24)13-9-16/h2-12,19-21H,13H2,1H3,(H,25,26). The van der Waals surface area contributed by atoms with Crippen LogP contribution in [0.3, 0.4) is 0 Å². The second kappa shape index (κ2) is 7.30. The number of aliphatic imine (C=N–C) groups is 1. The van der Waals surface area contributed by atoms with Crippen molar-refractivity contribution in [3.63, 3.8) is 0 Å². The lowest BCUT2D eigenvalue weighted by atomic mass is 9.91. The van der Waals surface area contributed by atoms with Crippen LogP contribution in [0.25, 0.3) is 0 Å². The number of alkyl halides is 1. The van der Waals surface area contributed by atoms with Crippen molar-refractivity contribution in [3.8, 4) is 0 Å². The number of nitrogens with zero attached hydrogens (tertiary/aromatic N) is 1. The van der Waals surface area contributed by atoms with Gasteiger partial charge in [-0.05, 0) is 36.6 Å². The van der Waals surface area contributed by atoms with E-state index in [4.69, 9.17) is 28.2 Å². The van der Waals surface area contributed by atoms with Crippen molar-refractivity contribution in [2.45, 2.75) is 30.8 Å². The summed E-state index contributed by atoms with van der Waals surface area (Å²) in [6.07, 6.45) is 7.24. The lowest BCUT2D eigenvalue weighted by Gasteiger charge is -2.23. The fraction of sp³-hybridized carbons (Fsp3) is 0.227. The highest BCUT2D eigenvalue weighted by atomic mass is 35.5. The van der Waals surface area contributed by atoms with E-state index in [0.29, 0.717) is 0 Å². The van der Waals surface area contributed by atoms with E-state index >= 15 is 0 Å². The first kappa shape index (κ1) is 17.4. The molecule has 3 unspecified atom stereocenters. The van der Waals surface area contributed by atoms with Crippen LogP contribution >= 0.6 is 23.2 Å². The molecule has 1 aliphatic carbocycles. The molecule has 0 saturated heterocycles. The summed E-state index contributed by atoms with van der Waals surface area (Å²) in [7, 11) is 0. The number of halogens is 2. The van der Waals surface area contributed by atoms with Gasteiger partial charge in [0.1, 0.15) is 11.9 Å². The van der Waals surface area contributed by atoms with Gasteiger partial charge in [-0.2, -0.15) is 0 Å². The van der Waals surface area contributed by atoms with Crippen molar-refractivity contribution in [3.05, 3.63) is 94.0 Å². The van der Waals surface area contributed by atoms with Crippen LogP contribution in [-0.4, -0.2) is 17.3 Å². The Bertz CT molecular complexity index is 879. The minimum absolute atomic E-state index is 0.00588. The Kier molecular flexibility index (Phi) is 4.88. The molecule has 132 valence electrons. The molecule has 4 heteroatoms. The molecule has 2 aromatic rings. The number of hydrogen-bond donors (Lipinski definition) is 1. The third kappa shape index (κ3) is 3.58. The van der Waals surface area contributed by atoms with Crippen LogP contribution in [0.2, 0.25) is 5.02 Å². The molecule has 26 heavy (non-hydrogen) atoms. The first-order valence-corrected chi connectivity index (χ1v) is 9.61. The summed E-state index contributed by atoms with van der Waals surface area (Å²) in [5, 5.41) is 4.44. The molecule has 2 aromatic carbocycles. The number of aryl methyl sites for hydroxylation is 1. The topological polar surface area (TPSA) is 24.4 Å². The molecule has 0 aromatic heterocycles. The highest BCUT2D eigenvalue weighted by molar-refractivity contribution is 6.30. The third-order valence-corrected chi connectivity index (χ3v) is 5.42. The molecule has 0 amide bonds. The third-order valence-electron chi connectivity index (χ3n) is 4.85. The predicted octanol–water partition coefficient (Wildman–Crippen LogP) is 5.60. The Morgan fingerprint density at radius 3 is 2.42 bits per heavy atom. The summed E-state index contributed by atoms with van der Waals surface area (Å²) in [6.45, 7) is 2.09. The van der Waals surface area contributed by atoms with Crippen molar-refractivity contribution in [2.24, 2.45) is 4.99 Å². The molecule has 0 fully saturated rings. The van der Waals surface area contributed by atoms with Crippen LogP contribution in [0.1, 0.15) is 29.2 Å². The van der Waals surface area contributed by atoms with E-state index in [2.05, 4.69) is 66.9 Å². The van der Waals surface area contributed by atoms with E-state index < -0.39 is 0 Å². The highest BCUT2D eigenvalue weighted by Crippen LogP contribution is 2.34. The maximum absolute atomic E-state index is 6.20. The Balaban J connectivity index is 1.70. The van der Waals surface area contributed by atoms with Gasteiger partial charge >= 0.3 is 0 Å². The first-order chi connectivity index (χ1) is 12.6. The van der Waals surface area contributed by atoms with Crippen LogP contribution in [0.15, 0.2) is 77.3 Å². The van der Waals surface area contributed by atoms with Crippen molar-refractivity contribution < 1.29 is 0 Å². The van der Waals surface area contributed by atoms with E-state index in [1.54, 1.807) is 0 Å². The molecule has 1 aliphatic heterocycles. The van der Waals surface area contributed by atoms with Gasteiger partial charge in [-0.3, -0.25) is 4.99 Å². The van der Waals surface area contributed by atoms with Gasteiger partial charge in [-0.1, -0.05) is 71.8 Å². The van der Waals surface area contributed by atoms with Crippen LogP contribution in [0, 0.1) is 6.92 Å². The molecule has 2 aliphatic rings. The number of allylic oxidation sites excluding steroid dienone is 2. The van der Waals surface area contributed by atoms with Crippen molar-refractivity contribution in [1.29, 1.82) is 0 Å². The first-order valence-electron chi connectivity index (χ1n) is 8.79. The van der Waals surface area contributed by atoms with Gasteiger partial charge in [0, 0.05) is 10.6 Å². The minimum Gasteiger partial charge on any atom is -0.361 e. The van der Waals surface area contributed by atoms with E-state index in [1.807, 2.05) is 12.1 Å². The summed E-state index contributed by atoms with van der Waals surface area (Å²) in [5.74, 6) is 0.928. The van der Waals surface area contributed by atoms with Crippen molar-refractivity contribution >= 4 is 29.0 Å². The summed E-state index contributed by atoms with van der Waals surface area (Å²) in [6, 6.07) is 16.5. The highest BCUT2D eigenvalue weighted by Gasteiger charge is 2.33. The molecule has 2 nitrogen and oxygen atoms in total. The molecular weight excluding hydrogens is 363 g/mol. The summed E-state index contributed by atoms with van der Waals surface area (Å²) < 4.78 is 0. The second-order valence-corrected chi connectivity index (χ2v) is 7.77. The smallest absolute Gasteiger partial charge is 0.129 e. The molecule has 0 saturated carbocycles. The monoisotopic (exact) mass is 382 g/mol. The largest absolute Gasteiger partial charge is 0.361 e. The lowest BCUT2D eigenvalue weighted by molar-refractivity contribution is 0.616. The summed E-state index contributed by atoms with van der Waals surface area (Å²) in [5.41, 5.74) is 4.72. The Labute approximate surface area is 164 Å². The molecular formula is C22H20Cl2N2. The molecule has 0 spiro atoms. The summed E-state index contributed by atoms with van der Waals surface area (Å²) in [4.78, 5) is 5.02. The maximum Gasteiger partial charge on any atom is 0.129 e. The minimum atomic E-state index is 0.00588. The fourth-order valence-electron chi connectivity index (χ4n) is 3.38. The van der Waals surface area contributed by atoms with Gasteiger partial charge in [0.05, 0.1) is 11.4 Å². The average Bonchev–Trinajstić information content (AvgIpc) is 3.09. The second-order valence-electron chi connectivity index (χ2n) is 6.78. The number of benzene rings is 2. The van der Waals surface area contributed by atoms with Crippen LogP contribution in [0.5, 0.6) is 0 Å².